The maximum Gasteiger partial charge on any atom is 0.258 e. The lowest BCUT2D eigenvalue weighted by Gasteiger charge is -2.43. The van der Waals surface area contributed by atoms with Gasteiger partial charge in [-0.1, -0.05) is 90.1 Å². The van der Waals surface area contributed by atoms with Crippen LogP contribution in [0.25, 0.3) is 0 Å². The zero-order valence-corrected chi connectivity index (χ0v) is 21.0. The summed E-state index contributed by atoms with van der Waals surface area (Å²) in [6.45, 7) is 14.1. The van der Waals surface area contributed by atoms with Gasteiger partial charge in [-0.05, 0) is 52.9 Å². The van der Waals surface area contributed by atoms with Gasteiger partial charge in [0.05, 0.1) is 11.7 Å². The summed E-state index contributed by atoms with van der Waals surface area (Å²) in [4.78, 5) is 0. The van der Waals surface area contributed by atoms with Crippen molar-refractivity contribution in [2.45, 2.75) is 76.9 Å². The highest BCUT2D eigenvalue weighted by atomic mass is 28.4. The van der Waals surface area contributed by atoms with E-state index in [9.17, 15) is 0 Å². The molecule has 3 heteroatoms. The fraction of sp³-hybridized carbons (Fsp3) is 0.429. The SMILES string of the molecule is CC(C)[Si](OC1=CC(c2ccccc2)C(Oc2ccccc2)=CCC1)(C(C)C)C(C)C. The molecule has 0 fully saturated rings. The monoisotopic (exact) mass is 434 g/mol. The first-order chi connectivity index (χ1) is 14.8. The Kier molecular flexibility index (Phi) is 7.82. The minimum atomic E-state index is -2.00. The Hall–Kier alpha value is -2.26. The minimum Gasteiger partial charge on any atom is -0.546 e. The molecule has 2 aromatic carbocycles. The molecule has 0 bridgehead atoms. The molecular weight excluding hydrogens is 396 g/mol. The Morgan fingerprint density at radius 2 is 1.32 bits per heavy atom. The second-order valence-corrected chi connectivity index (χ2v) is 14.9. The molecule has 0 aromatic heterocycles. The quantitative estimate of drug-likeness (QED) is 0.387. The summed E-state index contributed by atoms with van der Waals surface area (Å²) in [5.41, 5.74) is 2.90. The van der Waals surface area contributed by atoms with Crippen LogP contribution in [0.5, 0.6) is 5.75 Å². The maximum absolute atomic E-state index is 7.10. The molecule has 0 heterocycles. The van der Waals surface area contributed by atoms with Crippen LogP contribution in [0.3, 0.4) is 0 Å². The topological polar surface area (TPSA) is 18.5 Å². The van der Waals surface area contributed by atoms with Gasteiger partial charge in [0, 0.05) is 6.42 Å². The normalized spacial score (nSPS) is 17.4. The molecule has 2 nitrogen and oxygen atoms in total. The average molecular weight is 435 g/mol. The van der Waals surface area contributed by atoms with Gasteiger partial charge in [0.25, 0.3) is 8.32 Å². The Balaban J connectivity index is 1.99. The van der Waals surface area contributed by atoms with E-state index in [1.54, 1.807) is 0 Å². The number of benzene rings is 2. The van der Waals surface area contributed by atoms with Crippen molar-refractivity contribution in [2.75, 3.05) is 0 Å². The third-order valence-electron chi connectivity index (χ3n) is 6.55. The van der Waals surface area contributed by atoms with Gasteiger partial charge < -0.3 is 9.16 Å². The summed E-state index contributed by atoms with van der Waals surface area (Å²) in [6.07, 6.45) is 6.43. The second-order valence-electron chi connectivity index (χ2n) is 9.50. The van der Waals surface area contributed by atoms with Crippen molar-refractivity contribution in [1.29, 1.82) is 0 Å². The van der Waals surface area contributed by atoms with E-state index in [4.69, 9.17) is 9.16 Å². The van der Waals surface area contributed by atoms with Crippen LogP contribution in [-0.4, -0.2) is 8.32 Å². The van der Waals surface area contributed by atoms with Crippen molar-refractivity contribution in [3.8, 4) is 5.75 Å². The van der Waals surface area contributed by atoms with E-state index in [1.807, 2.05) is 30.3 Å². The number of ether oxygens (including phenoxy) is 1. The third kappa shape index (κ3) is 5.33. The van der Waals surface area contributed by atoms with Gasteiger partial charge in [0.15, 0.2) is 0 Å². The van der Waals surface area contributed by atoms with Crippen molar-refractivity contribution in [3.63, 3.8) is 0 Å². The molecule has 0 spiro atoms. The molecular formula is C28H38O2Si. The van der Waals surface area contributed by atoms with E-state index in [1.165, 1.54) is 5.56 Å². The number of allylic oxidation sites excluding steroid dienone is 3. The van der Waals surface area contributed by atoms with E-state index in [-0.39, 0.29) is 5.92 Å². The molecule has 31 heavy (non-hydrogen) atoms. The summed E-state index contributed by atoms with van der Waals surface area (Å²) in [5, 5.41) is 0. The highest BCUT2D eigenvalue weighted by Gasteiger charge is 2.47. The fourth-order valence-corrected chi connectivity index (χ4v) is 10.5. The van der Waals surface area contributed by atoms with Crippen LogP contribution < -0.4 is 4.74 Å². The molecule has 0 saturated heterocycles. The fourth-order valence-electron chi connectivity index (χ4n) is 5.15. The lowest BCUT2D eigenvalue weighted by molar-refractivity contribution is 0.352. The second kappa shape index (κ2) is 10.4. The average Bonchev–Trinajstić information content (AvgIpc) is 2.94. The van der Waals surface area contributed by atoms with Crippen molar-refractivity contribution in [2.24, 2.45) is 0 Å². The Labute approximate surface area is 190 Å². The Morgan fingerprint density at radius 3 is 1.87 bits per heavy atom. The van der Waals surface area contributed by atoms with Gasteiger partial charge in [-0.25, -0.2) is 0 Å². The first kappa shape index (κ1) is 23.4. The maximum atomic E-state index is 7.10. The van der Waals surface area contributed by atoms with Crippen molar-refractivity contribution < 1.29 is 9.16 Å². The highest BCUT2D eigenvalue weighted by molar-refractivity contribution is 6.77. The molecule has 1 aliphatic carbocycles. The number of para-hydroxylation sites is 1. The van der Waals surface area contributed by atoms with Gasteiger partial charge in [0.1, 0.15) is 11.5 Å². The van der Waals surface area contributed by atoms with Crippen LogP contribution in [0.2, 0.25) is 16.6 Å². The summed E-state index contributed by atoms with van der Waals surface area (Å²) < 4.78 is 13.5. The van der Waals surface area contributed by atoms with Gasteiger partial charge in [-0.15, -0.1) is 0 Å². The molecule has 1 atom stereocenters. The predicted molar refractivity (Wildman–Crippen MR) is 134 cm³/mol. The Morgan fingerprint density at radius 1 is 0.774 bits per heavy atom. The molecule has 166 valence electrons. The van der Waals surface area contributed by atoms with E-state index in [0.29, 0.717) is 16.6 Å². The van der Waals surface area contributed by atoms with Crippen molar-refractivity contribution in [1.82, 2.24) is 0 Å². The van der Waals surface area contributed by atoms with E-state index in [2.05, 4.69) is 84.0 Å². The summed E-state index contributed by atoms with van der Waals surface area (Å²) in [6, 6.07) is 20.7. The van der Waals surface area contributed by atoms with Gasteiger partial charge in [-0.2, -0.15) is 0 Å². The molecule has 0 aliphatic heterocycles. The van der Waals surface area contributed by atoms with Crippen molar-refractivity contribution >= 4 is 8.32 Å². The minimum absolute atomic E-state index is 0.0529. The van der Waals surface area contributed by atoms with Crippen molar-refractivity contribution in [3.05, 3.63) is 89.9 Å². The Bertz CT molecular complexity index is 860. The van der Waals surface area contributed by atoms with Crippen LogP contribution in [0.15, 0.2) is 84.3 Å². The van der Waals surface area contributed by atoms with Gasteiger partial charge in [-0.3, -0.25) is 0 Å². The lowest BCUT2D eigenvalue weighted by atomic mass is 9.96. The number of rotatable bonds is 8. The predicted octanol–water partition coefficient (Wildman–Crippen LogP) is 8.60. The molecule has 1 aliphatic rings. The van der Waals surface area contributed by atoms with E-state index < -0.39 is 8.32 Å². The highest BCUT2D eigenvalue weighted by Crippen LogP contribution is 2.45. The van der Waals surface area contributed by atoms with E-state index >= 15 is 0 Å². The van der Waals surface area contributed by atoms with Gasteiger partial charge in [0.2, 0.25) is 0 Å². The van der Waals surface area contributed by atoms with Crippen LogP contribution >= 0.6 is 0 Å². The molecule has 0 amide bonds. The molecule has 0 saturated carbocycles. The zero-order chi connectivity index (χ0) is 22.4. The summed E-state index contributed by atoms with van der Waals surface area (Å²) >= 11 is 0. The smallest absolute Gasteiger partial charge is 0.258 e. The zero-order valence-electron chi connectivity index (χ0n) is 20.0. The summed E-state index contributed by atoms with van der Waals surface area (Å²) in [5.74, 6) is 3.06. The number of hydrogen-bond acceptors (Lipinski definition) is 2. The first-order valence-electron chi connectivity index (χ1n) is 11.7. The molecule has 3 rings (SSSR count). The standard InChI is InChI=1S/C28H38O2Si/c1-21(2)31(22(3)4,23(5)6)30-26-18-13-19-28(29-25-16-11-8-12-17-25)27(20-26)24-14-9-7-10-15-24/h7-12,14-17,19-23,27H,13,18H2,1-6H3. The van der Waals surface area contributed by atoms with Crippen LogP contribution in [0.4, 0.5) is 0 Å². The van der Waals surface area contributed by atoms with E-state index in [0.717, 1.165) is 30.1 Å². The molecule has 0 radical (unpaired) electrons. The lowest BCUT2D eigenvalue weighted by Crippen LogP contribution is -2.47. The molecule has 0 N–H and O–H groups in total. The number of hydrogen-bond donors (Lipinski definition) is 0. The largest absolute Gasteiger partial charge is 0.546 e. The van der Waals surface area contributed by atoms with Crippen LogP contribution in [0.1, 0.15) is 65.9 Å². The molecule has 1 unspecified atom stereocenters. The molecule has 2 aromatic rings. The van der Waals surface area contributed by atoms with Gasteiger partial charge >= 0.3 is 0 Å². The van der Waals surface area contributed by atoms with Crippen LogP contribution in [-0.2, 0) is 4.43 Å². The summed E-state index contributed by atoms with van der Waals surface area (Å²) in [7, 11) is -2.00. The third-order valence-corrected chi connectivity index (χ3v) is 12.6. The first-order valence-corrected chi connectivity index (χ1v) is 13.9. The van der Waals surface area contributed by atoms with Crippen LogP contribution in [0, 0.1) is 0 Å².